The lowest BCUT2D eigenvalue weighted by atomic mass is 9.98. The topological polar surface area (TPSA) is 34.5 Å². The van der Waals surface area contributed by atoms with Crippen LogP contribution in [0.1, 0.15) is 33.6 Å². The highest BCUT2D eigenvalue weighted by Gasteiger charge is 2.24. The standard InChI is InChI=1S/C25H24N2O/c1-2-4-20(5-3-1)16-23-17-28-25(27-23)24-21-12-10-18-6-8-19(9-7-18)11-14-22(26-24)15-13-21/h1-9,13,15,23H,10-12,14,16-17H2/t23-/m1/s1. The summed E-state index contributed by atoms with van der Waals surface area (Å²) in [5.74, 6) is 0.726. The predicted molar refractivity (Wildman–Crippen MR) is 112 cm³/mol. The third-order valence-corrected chi connectivity index (χ3v) is 5.64. The van der Waals surface area contributed by atoms with Crippen molar-refractivity contribution in [2.24, 2.45) is 4.99 Å². The molecule has 4 heterocycles. The van der Waals surface area contributed by atoms with E-state index < -0.39 is 0 Å². The van der Waals surface area contributed by atoms with E-state index in [9.17, 15) is 0 Å². The molecule has 3 heteroatoms. The molecule has 0 radical (unpaired) electrons. The SMILES string of the molecule is c1ccc(C[C@@H]2COC(c3nc4ccc3CCc3ccc(cc3)CC4)=N2)cc1. The van der Waals surface area contributed by atoms with E-state index in [2.05, 4.69) is 60.7 Å². The Morgan fingerprint density at radius 3 is 2.32 bits per heavy atom. The van der Waals surface area contributed by atoms with Crippen LogP contribution in [0.4, 0.5) is 0 Å². The van der Waals surface area contributed by atoms with Crippen LogP contribution in [0.2, 0.25) is 0 Å². The van der Waals surface area contributed by atoms with Crippen LogP contribution >= 0.6 is 0 Å². The van der Waals surface area contributed by atoms with Crippen molar-refractivity contribution in [3.05, 3.63) is 100 Å². The van der Waals surface area contributed by atoms with Crippen molar-refractivity contribution in [1.82, 2.24) is 4.98 Å². The zero-order chi connectivity index (χ0) is 18.8. The van der Waals surface area contributed by atoms with Gasteiger partial charge in [0.05, 0.1) is 6.04 Å². The van der Waals surface area contributed by atoms with Gasteiger partial charge in [0, 0.05) is 5.69 Å². The molecule has 0 spiro atoms. The second kappa shape index (κ2) is 7.59. The largest absolute Gasteiger partial charge is 0.474 e. The van der Waals surface area contributed by atoms with E-state index in [1.54, 1.807) is 0 Å². The predicted octanol–water partition coefficient (Wildman–Crippen LogP) is 4.35. The Hall–Kier alpha value is -2.94. The Balaban J connectivity index is 1.43. The van der Waals surface area contributed by atoms with E-state index in [4.69, 9.17) is 14.7 Å². The minimum absolute atomic E-state index is 0.168. The van der Waals surface area contributed by atoms with Gasteiger partial charge in [-0.25, -0.2) is 9.98 Å². The number of nitrogens with zero attached hydrogens (tertiary/aromatic N) is 2. The molecular weight excluding hydrogens is 344 g/mol. The number of hydrogen-bond donors (Lipinski definition) is 0. The monoisotopic (exact) mass is 368 g/mol. The van der Waals surface area contributed by atoms with Gasteiger partial charge < -0.3 is 4.74 Å². The van der Waals surface area contributed by atoms with E-state index in [0.29, 0.717) is 6.61 Å². The summed E-state index contributed by atoms with van der Waals surface area (Å²) in [7, 11) is 0. The van der Waals surface area contributed by atoms with Gasteiger partial charge >= 0.3 is 0 Å². The van der Waals surface area contributed by atoms with E-state index in [0.717, 1.165) is 49.4 Å². The van der Waals surface area contributed by atoms with Crippen LogP contribution in [0.5, 0.6) is 0 Å². The van der Waals surface area contributed by atoms with Gasteiger partial charge in [0.2, 0.25) is 5.90 Å². The first-order chi connectivity index (χ1) is 13.8. The lowest BCUT2D eigenvalue weighted by Gasteiger charge is -2.13. The first-order valence-corrected chi connectivity index (χ1v) is 10.1. The molecule has 0 N–H and O–H groups in total. The Kier molecular flexibility index (Phi) is 4.66. The van der Waals surface area contributed by atoms with E-state index in [1.165, 1.54) is 22.3 Å². The van der Waals surface area contributed by atoms with Gasteiger partial charge in [-0.15, -0.1) is 0 Å². The lowest BCUT2D eigenvalue weighted by Crippen LogP contribution is -2.12. The Bertz CT molecular complexity index is 993. The maximum atomic E-state index is 6.03. The van der Waals surface area contributed by atoms with Gasteiger partial charge in [-0.3, -0.25) is 0 Å². The smallest absolute Gasteiger partial charge is 0.236 e. The fourth-order valence-corrected chi connectivity index (χ4v) is 4.01. The molecule has 1 aromatic heterocycles. The van der Waals surface area contributed by atoms with E-state index >= 15 is 0 Å². The van der Waals surface area contributed by atoms with Crippen molar-refractivity contribution in [1.29, 1.82) is 0 Å². The number of hydrogen-bond acceptors (Lipinski definition) is 3. The zero-order valence-corrected chi connectivity index (χ0v) is 16.0. The molecule has 0 amide bonds. The number of ether oxygens (including phenoxy) is 1. The first kappa shape index (κ1) is 17.2. The van der Waals surface area contributed by atoms with Crippen LogP contribution in [0.25, 0.3) is 0 Å². The fraction of sp³-hybridized carbons (Fsp3) is 0.280. The van der Waals surface area contributed by atoms with Crippen LogP contribution < -0.4 is 0 Å². The van der Waals surface area contributed by atoms with Gasteiger partial charge in [0.15, 0.2) is 0 Å². The summed E-state index contributed by atoms with van der Waals surface area (Å²) in [5.41, 5.74) is 7.33. The van der Waals surface area contributed by atoms with E-state index in [1.807, 2.05) is 6.07 Å². The number of aromatic nitrogens is 1. The molecule has 8 rings (SSSR count). The number of aryl methyl sites for hydroxylation is 4. The molecule has 0 fully saturated rings. The van der Waals surface area contributed by atoms with Crippen molar-refractivity contribution in [3.63, 3.8) is 0 Å². The van der Waals surface area contributed by atoms with Crippen molar-refractivity contribution in [2.45, 2.75) is 38.1 Å². The molecule has 4 bridgehead atoms. The van der Waals surface area contributed by atoms with Gasteiger partial charge in [0.1, 0.15) is 12.3 Å². The summed E-state index contributed by atoms with van der Waals surface area (Å²) >= 11 is 0. The molecule has 2 aromatic carbocycles. The zero-order valence-electron chi connectivity index (χ0n) is 16.0. The fourth-order valence-electron chi connectivity index (χ4n) is 4.01. The second-order valence-corrected chi connectivity index (χ2v) is 7.72. The average molecular weight is 368 g/mol. The highest BCUT2D eigenvalue weighted by molar-refractivity contribution is 5.94. The number of benzene rings is 2. The minimum atomic E-state index is 0.168. The summed E-state index contributed by atoms with van der Waals surface area (Å²) in [4.78, 5) is 9.87. The van der Waals surface area contributed by atoms with Crippen LogP contribution in [-0.4, -0.2) is 23.5 Å². The molecule has 28 heavy (non-hydrogen) atoms. The number of pyridine rings is 1. The quantitative estimate of drug-likeness (QED) is 0.689. The van der Waals surface area contributed by atoms with E-state index in [-0.39, 0.29) is 6.04 Å². The number of aliphatic imine (C=N–C) groups is 1. The molecule has 3 aromatic rings. The molecule has 0 saturated heterocycles. The summed E-state index contributed by atoms with van der Waals surface area (Å²) in [5, 5.41) is 0. The molecule has 140 valence electrons. The van der Waals surface area contributed by atoms with Crippen LogP contribution in [0, 0.1) is 0 Å². The molecule has 3 nitrogen and oxygen atoms in total. The summed E-state index contributed by atoms with van der Waals surface area (Å²) in [6.07, 6.45) is 4.82. The molecular formula is C25H24N2O. The Morgan fingerprint density at radius 2 is 1.54 bits per heavy atom. The molecule has 3 aliphatic heterocycles. The second-order valence-electron chi connectivity index (χ2n) is 7.72. The van der Waals surface area contributed by atoms with Crippen LogP contribution in [0.3, 0.4) is 0 Å². The van der Waals surface area contributed by atoms with Crippen molar-refractivity contribution in [2.75, 3.05) is 6.61 Å². The third-order valence-electron chi connectivity index (χ3n) is 5.64. The minimum Gasteiger partial charge on any atom is -0.474 e. The van der Waals surface area contributed by atoms with Crippen molar-refractivity contribution >= 4 is 5.90 Å². The Morgan fingerprint density at radius 1 is 0.786 bits per heavy atom. The first-order valence-electron chi connectivity index (χ1n) is 10.1. The summed E-state index contributed by atoms with van der Waals surface area (Å²) < 4.78 is 6.03. The maximum absolute atomic E-state index is 6.03. The molecule has 0 unspecified atom stereocenters. The van der Waals surface area contributed by atoms with Gasteiger partial charge in [-0.05, 0) is 60.4 Å². The normalized spacial score (nSPS) is 18.3. The van der Waals surface area contributed by atoms with Crippen molar-refractivity contribution < 1.29 is 4.74 Å². The molecule has 0 saturated carbocycles. The third kappa shape index (κ3) is 3.70. The highest BCUT2D eigenvalue weighted by atomic mass is 16.5. The van der Waals surface area contributed by atoms with Crippen LogP contribution in [0.15, 0.2) is 71.7 Å². The Labute approximate surface area is 166 Å². The van der Waals surface area contributed by atoms with Crippen molar-refractivity contribution in [3.8, 4) is 0 Å². The number of rotatable bonds is 3. The van der Waals surface area contributed by atoms with Gasteiger partial charge in [-0.2, -0.15) is 0 Å². The average Bonchev–Trinajstić information content (AvgIpc) is 3.19. The highest BCUT2D eigenvalue weighted by Crippen LogP contribution is 2.21. The maximum Gasteiger partial charge on any atom is 0.236 e. The molecule has 1 atom stereocenters. The molecule has 5 aliphatic rings. The van der Waals surface area contributed by atoms with Gasteiger partial charge in [0.25, 0.3) is 0 Å². The summed E-state index contributed by atoms with van der Waals surface area (Å²) in [6.45, 7) is 0.635. The van der Waals surface area contributed by atoms with Crippen LogP contribution in [-0.2, 0) is 36.8 Å². The molecule has 2 aliphatic carbocycles. The van der Waals surface area contributed by atoms with Gasteiger partial charge in [-0.1, -0.05) is 60.7 Å². The lowest BCUT2D eigenvalue weighted by molar-refractivity contribution is 0.316. The summed E-state index contributed by atoms with van der Waals surface area (Å²) in [6, 6.07) is 24.1.